The van der Waals surface area contributed by atoms with E-state index in [4.69, 9.17) is 10.5 Å². The molecule has 0 fully saturated rings. The summed E-state index contributed by atoms with van der Waals surface area (Å²) < 4.78 is 0. The fourth-order valence-electron chi connectivity index (χ4n) is 0.173. The first-order valence-electron chi connectivity index (χ1n) is 2.22. The lowest BCUT2D eigenvalue weighted by Crippen LogP contribution is -2.08. The van der Waals surface area contributed by atoms with Crippen LogP contribution in [0.1, 0.15) is 13.8 Å². The topological polar surface area (TPSA) is 56.4 Å². The lowest BCUT2D eigenvalue weighted by atomic mass is 9.98. The van der Waals surface area contributed by atoms with E-state index >= 15 is 0 Å². The number of nitrogens with zero attached hydrogens (tertiary/aromatic N) is 2. The zero-order chi connectivity index (χ0) is 6.62. The van der Waals surface area contributed by atoms with Gasteiger partial charge in [-0.05, 0) is 13.8 Å². The average molecular weight is 112 g/mol. The van der Waals surface area contributed by atoms with Gasteiger partial charge in [0, 0.05) is 0 Å². The molecule has 0 radical (unpaired) electrons. The van der Waals surface area contributed by atoms with Crippen LogP contribution in [-0.2, 0) is 0 Å². The number of oxime groups is 1. The van der Waals surface area contributed by atoms with Crippen molar-refractivity contribution in [3.8, 4) is 6.07 Å². The van der Waals surface area contributed by atoms with Gasteiger partial charge in [0.2, 0.25) is 0 Å². The molecular weight excluding hydrogens is 104 g/mol. The fraction of sp³-hybridized carbons (Fsp3) is 0.600. The van der Waals surface area contributed by atoms with E-state index in [1.54, 1.807) is 13.8 Å². The Balaban J connectivity index is 3.97. The van der Waals surface area contributed by atoms with E-state index < -0.39 is 5.41 Å². The predicted octanol–water partition coefficient (Wildman–Crippen LogP) is 0.996. The van der Waals surface area contributed by atoms with Gasteiger partial charge in [0.05, 0.1) is 17.7 Å². The van der Waals surface area contributed by atoms with Crippen LogP contribution in [0.3, 0.4) is 0 Å². The van der Waals surface area contributed by atoms with Gasteiger partial charge in [0.25, 0.3) is 0 Å². The van der Waals surface area contributed by atoms with Crippen molar-refractivity contribution in [2.45, 2.75) is 13.8 Å². The molecule has 8 heavy (non-hydrogen) atoms. The third kappa shape index (κ3) is 2.19. The van der Waals surface area contributed by atoms with Crippen molar-refractivity contribution in [3.63, 3.8) is 0 Å². The lowest BCUT2D eigenvalue weighted by molar-refractivity contribution is 0.317. The molecule has 3 heteroatoms. The van der Waals surface area contributed by atoms with Gasteiger partial charge < -0.3 is 5.21 Å². The lowest BCUT2D eigenvalue weighted by Gasteiger charge is -2.02. The Bertz CT molecular complexity index is 132. The van der Waals surface area contributed by atoms with E-state index in [0.717, 1.165) is 0 Å². The Labute approximate surface area is 48.2 Å². The molecule has 0 aromatic rings. The molecule has 0 rings (SSSR count). The van der Waals surface area contributed by atoms with E-state index in [1.165, 1.54) is 6.21 Å². The van der Waals surface area contributed by atoms with Gasteiger partial charge in [-0.1, -0.05) is 0 Å². The molecule has 0 aromatic carbocycles. The van der Waals surface area contributed by atoms with Crippen molar-refractivity contribution >= 4 is 6.21 Å². The number of hydrogen-bond donors (Lipinski definition) is 1. The summed E-state index contributed by atoms with van der Waals surface area (Å²) in [5, 5.41) is 19.0. The summed E-state index contributed by atoms with van der Waals surface area (Å²) >= 11 is 0. The minimum absolute atomic E-state index is 0.644. The molecule has 3 nitrogen and oxygen atoms in total. The number of hydrogen-bond acceptors (Lipinski definition) is 3. The van der Waals surface area contributed by atoms with Crippen molar-refractivity contribution in [1.29, 1.82) is 5.26 Å². The summed E-state index contributed by atoms with van der Waals surface area (Å²) in [6.45, 7) is 3.32. The van der Waals surface area contributed by atoms with Crippen molar-refractivity contribution in [3.05, 3.63) is 0 Å². The summed E-state index contributed by atoms with van der Waals surface area (Å²) in [5.41, 5.74) is -0.644. The Morgan fingerprint density at radius 1 is 1.75 bits per heavy atom. The zero-order valence-corrected chi connectivity index (χ0v) is 4.92. The smallest absolute Gasteiger partial charge is 0.0901 e. The zero-order valence-electron chi connectivity index (χ0n) is 4.92. The normalized spacial score (nSPS) is 11.6. The molecule has 0 amide bonds. The molecule has 0 spiro atoms. The van der Waals surface area contributed by atoms with E-state index in [0.29, 0.717) is 0 Å². The highest BCUT2D eigenvalue weighted by atomic mass is 16.4. The Hall–Kier alpha value is -1.04. The van der Waals surface area contributed by atoms with Crippen molar-refractivity contribution in [1.82, 2.24) is 0 Å². The van der Waals surface area contributed by atoms with Crippen LogP contribution < -0.4 is 0 Å². The van der Waals surface area contributed by atoms with Crippen LogP contribution in [-0.4, -0.2) is 11.4 Å². The minimum Gasteiger partial charge on any atom is -0.411 e. The van der Waals surface area contributed by atoms with E-state index in [1.807, 2.05) is 6.07 Å². The minimum atomic E-state index is -0.644. The van der Waals surface area contributed by atoms with Gasteiger partial charge in [-0.2, -0.15) is 5.26 Å². The van der Waals surface area contributed by atoms with Gasteiger partial charge in [-0.15, -0.1) is 5.16 Å². The molecule has 0 unspecified atom stereocenters. The van der Waals surface area contributed by atoms with Crippen molar-refractivity contribution in [2.24, 2.45) is 10.6 Å². The Morgan fingerprint density at radius 2 is 2.25 bits per heavy atom. The van der Waals surface area contributed by atoms with Crippen molar-refractivity contribution in [2.75, 3.05) is 0 Å². The van der Waals surface area contributed by atoms with Gasteiger partial charge in [0.1, 0.15) is 0 Å². The maximum atomic E-state index is 8.27. The first-order valence-corrected chi connectivity index (χ1v) is 2.22. The predicted molar refractivity (Wildman–Crippen MR) is 29.7 cm³/mol. The summed E-state index contributed by atoms with van der Waals surface area (Å²) in [4.78, 5) is 0. The number of nitriles is 1. The summed E-state index contributed by atoms with van der Waals surface area (Å²) in [7, 11) is 0. The second-order valence-corrected chi connectivity index (χ2v) is 2.08. The molecular formula is C5H8N2O. The molecule has 0 aliphatic rings. The summed E-state index contributed by atoms with van der Waals surface area (Å²) in [6, 6.07) is 1.93. The molecule has 44 valence electrons. The second kappa shape index (κ2) is 2.31. The maximum absolute atomic E-state index is 8.27. The molecule has 0 saturated carbocycles. The standard InChI is InChI=1S/C5H8N2O/c1-5(2,3-6)4-7-8/h4,8H,1-2H3/b7-4+. The van der Waals surface area contributed by atoms with Gasteiger partial charge in [-0.25, -0.2) is 0 Å². The van der Waals surface area contributed by atoms with Crippen molar-refractivity contribution < 1.29 is 5.21 Å². The molecule has 0 atom stereocenters. The largest absolute Gasteiger partial charge is 0.411 e. The van der Waals surface area contributed by atoms with E-state index in [-0.39, 0.29) is 0 Å². The van der Waals surface area contributed by atoms with Gasteiger partial charge >= 0.3 is 0 Å². The molecule has 0 bridgehead atoms. The Kier molecular flexibility index (Phi) is 2.01. The molecule has 0 aromatic heterocycles. The van der Waals surface area contributed by atoms with E-state index in [9.17, 15) is 0 Å². The first-order chi connectivity index (χ1) is 3.62. The third-order valence-electron chi connectivity index (χ3n) is 0.669. The van der Waals surface area contributed by atoms with Crippen LogP contribution in [0, 0.1) is 16.7 Å². The first kappa shape index (κ1) is 6.96. The molecule has 0 aliphatic heterocycles. The highest BCUT2D eigenvalue weighted by Gasteiger charge is 2.11. The molecule has 0 aliphatic carbocycles. The number of rotatable bonds is 1. The maximum Gasteiger partial charge on any atom is 0.0901 e. The average Bonchev–Trinajstić information content (AvgIpc) is 1.67. The van der Waals surface area contributed by atoms with Crippen LogP contribution in [0.5, 0.6) is 0 Å². The van der Waals surface area contributed by atoms with Gasteiger partial charge in [0.15, 0.2) is 0 Å². The summed E-state index contributed by atoms with van der Waals surface area (Å²) in [6.07, 6.45) is 1.19. The molecule has 0 saturated heterocycles. The van der Waals surface area contributed by atoms with Crippen LogP contribution in [0.4, 0.5) is 0 Å². The highest BCUT2D eigenvalue weighted by Crippen LogP contribution is 2.07. The van der Waals surface area contributed by atoms with E-state index in [2.05, 4.69) is 5.16 Å². The molecule has 0 heterocycles. The summed E-state index contributed by atoms with van der Waals surface area (Å²) in [5.74, 6) is 0. The molecule has 1 N–H and O–H groups in total. The van der Waals surface area contributed by atoms with Crippen LogP contribution in [0.25, 0.3) is 0 Å². The third-order valence-corrected chi connectivity index (χ3v) is 0.669. The SMILES string of the molecule is CC(C)(C#N)/C=N/O. The van der Waals surface area contributed by atoms with Crippen LogP contribution in [0.2, 0.25) is 0 Å². The highest BCUT2D eigenvalue weighted by molar-refractivity contribution is 5.67. The fourth-order valence-corrected chi connectivity index (χ4v) is 0.173. The quantitative estimate of drug-likeness (QED) is 0.312. The Morgan fingerprint density at radius 3 is 2.38 bits per heavy atom. The van der Waals surface area contributed by atoms with Crippen LogP contribution >= 0.6 is 0 Å². The monoisotopic (exact) mass is 112 g/mol. The second-order valence-electron chi connectivity index (χ2n) is 2.08. The van der Waals surface area contributed by atoms with Crippen LogP contribution in [0.15, 0.2) is 5.16 Å². The van der Waals surface area contributed by atoms with Gasteiger partial charge in [-0.3, -0.25) is 0 Å².